The molecule has 6 heteroatoms. The van der Waals surface area contributed by atoms with Crippen LogP contribution in [0.5, 0.6) is 5.88 Å². The zero-order valence-electron chi connectivity index (χ0n) is 17.8. The molecule has 0 aliphatic heterocycles. The van der Waals surface area contributed by atoms with Crippen molar-refractivity contribution in [2.45, 2.75) is 38.3 Å². The summed E-state index contributed by atoms with van der Waals surface area (Å²) in [5, 5.41) is 8.53. The molecule has 0 saturated heterocycles. The van der Waals surface area contributed by atoms with Crippen molar-refractivity contribution in [2.75, 3.05) is 0 Å². The Morgan fingerprint density at radius 2 is 1.81 bits per heavy atom. The Hall–Kier alpha value is -2.79. The summed E-state index contributed by atoms with van der Waals surface area (Å²) < 4.78 is 7.88. The Labute approximate surface area is 192 Å². The van der Waals surface area contributed by atoms with Crippen LogP contribution >= 0.6 is 11.6 Å². The van der Waals surface area contributed by atoms with E-state index < -0.39 is 0 Å². The number of carbonyl (C=O) groups excluding carboxylic acids is 1. The SMILES string of the molecule is O=C(NC1C2CC3CC(C2)C1C3)c1cnn(-c2ccc(Cl)cc2)c1OCc1ccccc1. The molecule has 5 unspecified atom stereocenters. The summed E-state index contributed by atoms with van der Waals surface area (Å²) in [6.07, 6.45) is 6.78. The van der Waals surface area contributed by atoms with Crippen LogP contribution in [-0.2, 0) is 6.61 Å². The summed E-state index contributed by atoms with van der Waals surface area (Å²) in [7, 11) is 0. The standard InChI is InChI=1S/C26H26ClN3O2/c27-20-6-8-21(9-7-20)30-26(32-15-16-4-2-1-3-5-16)23(14-28-30)25(31)29-24-19-11-17-10-18(13-19)22(24)12-17/h1-9,14,17-19,22,24H,10-13,15H2,(H,29,31). The summed E-state index contributed by atoms with van der Waals surface area (Å²) in [5.41, 5.74) is 2.32. The van der Waals surface area contributed by atoms with Crippen LogP contribution in [0.15, 0.2) is 60.8 Å². The second kappa shape index (κ2) is 7.96. The van der Waals surface area contributed by atoms with Gasteiger partial charge in [-0.2, -0.15) is 5.10 Å². The van der Waals surface area contributed by atoms with Gasteiger partial charge in [-0.05, 0) is 79.2 Å². The largest absolute Gasteiger partial charge is 0.472 e. The Bertz CT molecular complexity index is 1120. The van der Waals surface area contributed by atoms with E-state index in [-0.39, 0.29) is 11.9 Å². The second-order valence-corrected chi connectivity index (χ2v) is 9.95. The highest BCUT2D eigenvalue weighted by molar-refractivity contribution is 6.30. The molecule has 4 saturated carbocycles. The first-order chi connectivity index (χ1) is 15.7. The third-order valence-corrected chi connectivity index (χ3v) is 7.87. The summed E-state index contributed by atoms with van der Waals surface area (Å²) in [6, 6.07) is 17.6. The van der Waals surface area contributed by atoms with Gasteiger partial charge in [0.15, 0.2) is 0 Å². The van der Waals surface area contributed by atoms with Crippen LogP contribution < -0.4 is 10.1 Å². The number of nitrogens with one attached hydrogen (secondary N) is 1. The highest BCUT2D eigenvalue weighted by Gasteiger charge is 2.54. The van der Waals surface area contributed by atoms with Crippen LogP contribution in [0, 0.1) is 23.7 Å². The highest BCUT2D eigenvalue weighted by atomic mass is 35.5. The zero-order chi connectivity index (χ0) is 21.7. The van der Waals surface area contributed by atoms with E-state index in [2.05, 4.69) is 10.4 Å². The molecule has 164 valence electrons. The van der Waals surface area contributed by atoms with Crippen LogP contribution in [0.25, 0.3) is 5.69 Å². The Balaban J connectivity index is 1.28. The number of ether oxygens (including phenoxy) is 1. The quantitative estimate of drug-likeness (QED) is 0.560. The van der Waals surface area contributed by atoms with Gasteiger partial charge in [0, 0.05) is 11.1 Å². The van der Waals surface area contributed by atoms with Crippen LogP contribution in [0.3, 0.4) is 0 Å². The van der Waals surface area contributed by atoms with Crippen molar-refractivity contribution in [3.8, 4) is 11.6 Å². The first-order valence-electron chi connectivity index (χ1n) is 11.5. The van der Waals surface area contributed by atoms with Gasteiger partial charge in [0.25, 0.3) is 5.91 Å². The maximum atomic E-state index is 13.4. The van der Waals surface area contributed by atoms with Gasteiger partial charge in [0.05, 0.1) is 11.9 Å². The fourth-order valence-electron chi connectivity index (χ4n) is 6.31. The highest BCUT2D eigenvalue weighted by Crippen LogP contribution is 2.58. The van der Waals surface area contributed by atoms with Crippen molar-refractivity contribution >= 4 is 17.5 Å². The van der Waals surface area contributed by atoms with Gasteiger partial charge in [-0.1, -0.05) is 41.9 Å². The number of halogens is 1. The maximum Gasteiger partial charge on any atom is 0.258 e. The van der Waals surface area contributed by atoms with E-state index in [1.807, 2.05) is 54.6 Å². The van der Waals surface area contributed by atoms with Crippen molar-refractivity contribution in [1.82, 2.24) is 15.1 Å². The average molecular weight is 448 g/mol. The number of carbonyl (C=O) groups is 1. The Morgan fingerprint density at radius 1 is 1.03 bits per heavy atom. The van der Waals surface area contributed by atoms with Gasteiger partial charge < -0.3 is 10.1 Å². The molecule has 1 N–H and O–H groups in total. The van der Waals surface area contributed by atoms with E-state index in [4.69, 9.17) is 16.3 Å². The van der Waals surface area contributed by atoms with Crippen LogP contribution in [0.2, 0.25) is 5.02 Å². The van der Waals surface area contributed by atoms with Gasteiger partial charge in [0.1, 0.15) is 12.2 Å². The predicted octanol–water partition coefficient (Wildman–Crippen LogP) is 5.27. The molecule has 4 aliphatic carbocycles. The number of rotatable bonds is 6. The monoisotopic (exact) mass is 447 g/mol. The molecule has 4 bridgehead atoms. The smallest absolute Gasteiger partial charge is 0.258 e. The molecule has 0 radical (unpaired) electrons. The van der Waals surface area contributed by atoms with E-state index in [0.717, 1.165) is 23.1 Å². The summed E-state index contributed by atoms with van der Waals surface area (Å²) >= 11 is 6.07. The molecule has 4 fully saturated rings. The topological polar surface area (TPSA) is 56.2 Å². The van der Waals surface area contributed by atoms with Crippen molar-refractivity contribution in [2.24, 2.45) is 23.7 Å². The minimum Gasteiger partial charge on any atom is -0.472 e. The molecular weight excluding hydrogens is 422 g/mol. The van der Waals surface area contributed by atoms with Gasteiger partial charge in [-0.3, -0.25) is 4.79 Å². The first kappa shape index (κ1) is 19.9. The van der Waals surface area contributed by atoms with Crippen molar-refractivity contribution in [3.63, 3.8) is 0 Å². The molecule has 1 amide bonds. The lowest BCUT2D eigenvalue weighted by Gasteiger charge is -2.32. The average Bonchev–Trinajstić information content (AvgIpc) is 3.43. The molecule has 1 heterocycles. The molecule has 1 aromatic heterocycles. The number of amides is 1. The Kier molecular flexibility index (Phi) is 4.94. The van der Waals surface area contributed by atoms with Crippen molar-refractivity contribution in [3.05, 3.63) is 76.9 Å². The number of hydrogen-bond acceptors (Lipinski definition) is 3. The molecule has 2 aromatic carbocycles. The van der Waals surface area contributed by atoms with Gasteiger partial charge in [-0.15, -0.1) is 0 Å². The van der Waals surface area contributed by atoms with E-state index in [9.17, 15) is 4.79 Å². The van der Waals surface area contributed by atoms with Gasteiger partial charge in [-0.25, -0.2) is 4.68 Å². The lowest BCUT2D eigenvalue weighted by Crippen LogP contribution is -2.44. The fourth-order valence-corrected chi connectivity index (χ4v) is 6.44. The van der Waals surface area contributed by atoms with Gasteiger partial charge in [0.2, 0.25) is 5.88 Å². The van der Waals surface area contributed by atoms with Crippen molar-refractivity contribution in [1.29, 1.82) is 0 Å². The molecule has 4 aliphatic rings. The Morgan fingerprint density at radius 3 is 2.59 bits per heavy atom. The predicted molar refractivity (Wildman–Crippen MR) is 123 cm³/mol. The number of aromatic nitrogens is 2. The van der Waals surface area contributed by atoms with Crippen LogP contribution in [-0.4, -0.2) is 21.7 Å². The lowest BCUT2D eigenvalue weighted by molar-refractivity contribution is 0.0890. The fraction of sp³-hybridized carbons (Fsp3) is 0.385. The molecule has 5 nitrogen and oxygen atoms in total. The molecule has 5 atom stereocenters. The molecule has 32 heavy (non-hydrogen) atoms. The summed E-state index contributed by atoms with van der Waals surface area (Å²) in [4.78, 5) is 13.4. The van der Waals surface area contributed by atoms with Gasteiger partial charge >= 0.3 is 0 Å². The molecule has 0 spiro atoms. The minimum absolute atomic E-state index is 0.0886. The lowest BCUT2D eigenvalue weighted by atomic mass is 9.79. The van der Waals surface area contributed by atoms with Crippen molar-refractivity contribution < 1.29 is 9.53 Å². The van der Waals surface area contributed by atoms with E-state index in [0.29, 0.717) is 34.9 Å². The van der Waals surface area contributed by atoms with Crippen LogP contribution in [0.1, 0.15) is 41.6 Å². The molecule has 7 rings (SSSR count). The second-order valence-electron chi connectivity index (χ2n) is 9.52. The molecular formula is C26H26ClN3O2. The molecule has 3 aromatic rings. The van der Waals surface area contributed by atoms with E-state index in [1.54, 1.807) is 10.9 Å². The number of hydrogen-bond donors (Lipinski definition) is 1. The maximum absolute atomic E-state index is 13.4. The summed E-state index contributed by atoms with van der Waals surface area (Å²) in [5.74, 6) is 3.32. The number of nitrogens with zero attached hydrogens (tertiary/aromatic N) is 2. The number of benzene rings is 2. The normalized spacial score (nSPS) is 27.6. The summed E-state index contributed by atoms with van der Waals surface area (Å²) in [6.45, 7) is 0.360. The third-order valence-electron chi connectivity index (χ3n) is 7.61. The van der Waals surface area contributed by atoms with E-state index >= 15 is 0 Å². The first-order valence-corrected chi connectivity index (χ1v) is 11.8. The van der Waals surface area contributed by atoms with Crippen LogP contribution in [0.4, 0.5) is 0 Å². The third kappa shape index (κ3) is 3.49. The zero-order valence-corrected chi connectivity index (χ0v) is 18.5. The minimum atomic E-state index is -0.0886. The van der Waals surface area contributed by atoms with E-state index in [1.165, 1.54) is 25.7 Å².